The Hall–Kier alpha value is -2.11. The molecule has 2 aromatic rings. The highest BCUT2D eigenvalue weighted by molar-refractivity contribution is 5.49. The molecular formula is C11H15N5O. The van der Waals surface area contributed by atoms with Crippen LogP contribution in [0.25, 0.3) is 0 Å². The van der Waals surface area contributed by atoms with Crippen LogP contribution < -0.4 is 10.1 Å². The molecule has 0 bridgehead atoms. The first kappa shape index (κ1) is 11.4. The van der Waals surface area contributed by atoms with E-state index in [1.165, 1.54) is 0 Å². The molecule has 90 valence electrons. The third-order valence-corrected chi connectivity index (χ3v) is 2.18. The average Bonchev–Trinajstić information content (AvgIpc) is 2.85. The molecule has 2 aromatic heterocycles. The molecule has 6 nitrogen and oxygen atoms in total. The molecule has 2 rings (SSSR count). The summed E-state index contributed by atoms with van der Waals surface area (Å²) in [5.41, 5.74) is 0. The minimum Gasteiger partial charge on any atom is -0.490 e. The van der Waals surface area contributed by atoms with Gasteiger partial charge in [-0.15, -0.1) is 5.10 Å². The highest BCUT2D eigenvalue weighted by Gasteiger charge is 2.02. The van der Waals surface area contributed by atoms with Crippen LogP contribution in [-0.4, -0.2) is 33.1 Å². The minimum atomic E-state index is 0.628. The molecule has 0 amide bonds. The smallest absolute Gasteiger partial charge is 0.168 e. The van der Waals surface area contributed by atoms with Crippen LogP contribution in [0.2, 0.25) is 0 Å². The SMILES string of the molecule is CCOc1cccnc1NCCn1ccnn1. The molecule has 0 aromatic carbocycles. The second-order valence-electron chi connectivity index (χ2n) is 3.38. The van der Waals surface area contributed by atoms with Crippen LogP contribution in [0.3, 0.4) is 0 Å². The molecule has 2 heterocycles. The predicted octanol–water partition coefficient (Wildman–Crippen LogP) is 1.18. The molecule has 0 saturated heterocycles. The van der Waals surface area contributed by atoms with Crippen molar-refractivity contribution in [3.63, 3.8) is 0 Å². The number of aromatic nitrogens is 4. The van der Waals surface area contributed by atoms with E-state index < -0.39 is 0 Å². The number of pyridine rings is 1. The fourth-order valence-corrected chi connectivity index (χ4v) is 1.44. The first-order chi connectivity index (χ1) is 8.40. The van der Waals surface area contributed by atoms with Crippen molar-refractivity contribution in [2.24, 2.45) is 0 Å². The zero-order valence-corrected chi connectivity index (χ0v) is 9.71. The number of hydrogen-bond acceptors (Lipinski definition) is 5. The van der Waals surface area contributed by atoms with Crippen molar-refractivity contribution in [1.29, 1.82) is 0 Å². The Morgan fingerprint density at radius 1 is 1.41 bits per heavy atom. The van der Waals surface area contributed by atoms with Gasteiger partial charge in [-0.05, 0) is 19.1 Å². The number of rotatable bonds is 6. The van der Waals surface area contributed by atoms with Gasteiger partial charge in [-0.25, -0.2) is 4.98 Å². The highest BCUT2D eigenvalue weighted by Crippen LogP contribution is 2.20. The van der Waals surface area contributed by atoms with E-state index in [-0.39, 0.29) is 0 Å². The quantitative estimate of drug-likeness (QED) is 0.811. The van der Waals surface area contributed by atoms with Gasteiger partial charge in [0, 0.05) is 18.9 Å². The topological polar surface area (TPSA) is 64.9 Å². The molecule has 0 aliphatic carbocycles. The fraction of sp³-hybridized carbons (Fsp3) is 0.364. The summed E-state index contributed by atoms with van der Waals surface area (Å²) in [5, 5.41) is 10.8. The molecule has 1 N–H and O–H groups in total. The molecule has 6 heteroatoms. The van der Waals surface area contributed by atoms with Gasteiger partial charge in [-0.2, -0.15) is 0 Å². The average molecular weight is 233 g/mol. The summed E-state index contributed by atoms with van der Waals surface area (Å²) in [5.74, 6) is 1.53. The Bertz CT molecular complexity index is 443. The van der Waals surface area contributed by atoms with Gasteiger partial charge in [0.2, 0.25) is 0 Å². The Labute approximate surface area is 99.6 Å². The lowest BCUT2D eigenvalue weighted by atomic mass is 10.4. The second kappa shape index (κ2) is 5.83. The first-order valence-corrected chi connectivity index (χ1v) is 5.56. The lowest BCUT2D eigenvalue weighted by Crippen LogP contribution is -2.12. The summed E-state index contributed by atoms with van der Waals surface area (Å²) in [7, 11) is 0. The standard InChI is InChI=1S/C11H15N5O/c1-2-17-10-4-3-5-12-11(10)13-6-8-16-9-7-14-15-16/h3-5,7,9H,2,6,8H2,1H3,(H,12,13). The number of hydrogen-bond donors (Lipinski definition) is 1. The molecule has 0 fully saturated rings. The van der Waals surface area contributed by atoms with E-state index in [1.54, 1.807) is 17.1 Å². The van der Waals surface area contributed by atoms with Crippen LogP contribution in [0.15, 0.2) is 30.7 Å². The van der Waals surface area contributed by atoms with Gasteiger partial charge in [0.25, 0.3) is 0 Å². The molecule has 0 spiro atoms. The van der Waals surface area contributed by atoms with Crippen LogP contribution in [0.5, 0.6) is 5.75 Å². The summed E-state index contributed by atoms with van der Waals surface area (Å²) in [6.07, 6.45) is 5.22. The molecule has 0 saturated carbocycles. The van der Waals surface area contributed by atoms with Crippen molar-refractivity contribution in [3.8, 4) is 5.75 Å². The lowest BCUT2D eigenvalue weighted by molar-refractivity contribution is 0.340. The van der Waals surface area contributed by atoms with E-state index in [2.05, 4.69) is 20.6 Å². The van der Waals surface area contributed by atoms with Crippen LogP contribution in [0.4, 0.5) is 5.82 Å². The molecular weight excluding hydrogens is 218 g/mol. The Morgan fingerprint density at radius 2 is 2.35 bits per heavy atom. The summed E-state index contributed by atoms with van der Waals surface area (Å²) in [6.45, 7) is 4.04. The third-order valence-electron chi connectivity index (χ3n) is 2.18. The van der Waals surface area contributed by atoms with Gasteiger partial charge in [0.05, 0.1) is 19.3 Å². The third kappa shape index (κ3) is 3.17. The molecule has 17 heavy (non-hydrogen) atoms. The van der Waals surface area contributed by atoms with Gasteiger partial charge in [0.15, 0.2) is 11.6 Å². The number of nitrogens with zero attached hydrogens (tertiary/aromatic N) is 4. The van der Waals surface area contributed by atoms with Crippen molar-refractivity contribution in [2.75, 3.05) is 18.5 Å². The predicted molar refractivity (Wildman–Crippen MR) is 63.9 cm³/mol. The molecule has 0 aliphatic rings. The summed E-state index contributed by atoms with van der Waals surface area (Å²) in [4.78, 5) is 4.23. The second-order valence-corrected chi connectivity index (χ2v) is 3.38. The van der Waals surface area contributed by atoms with E-state index in [1.807, 2.05) is 25.3 Å². The molecule has 0 atom stereocenters. The zero-order valence-electron chi connectivity index (χ0n) is 9.71. The van der Waals surface area contributed by atoms with Crippen molar-refractivity contribution in [1.82, 2.24) is 20.0 Å². The van der Waals surface area contributed by atoms with E-state index in [4.69, 9.17) is 4.74 Å². The van der Waals surface area contributed by atoms with Crippen LogP contribution in [0, 0.1) is 0 Å². The van der Waals surface area contributed by atoms with Crippen molar-refractivity contribution >= 4 is 5.82 Å². The zero-order chi connectivity index (χ0) is 11.9. The summed E-state index contributed by atoms with van der Waals surface area (Å²) in [6, 6.07) is 3.75. The fourth-order valence-electron chi connectivity index (χ4n) is 1.44. The monoisotopic (exact) mass is 233 g/mol. The highest BCUT2D eigenvalue weighted by atomic mass is 16.5. The Kier molecular flexibility index (Phi) is 3.90. The van der Waals surface area contributed by atoms with Crippen LogP contribution in [-0.2, 0) is 6.54 Å². The first-order valence-electron chi connectivity index (χ1n) is 5.56. The summed E-state index contributed by atoms with van der Waals surface area (Å²) < 4.78 is 7.23. The molecule has 0 radical (unpaired) electrons. The molecule has 0 unspecified atom stereocenters. The van der Waals surface area contributed by atoms with E-state index in [0.717, 1.165) is 24.7 Å². The Balaban J connectivity index is 1.89. The van der Waals surface area contributed by atoms with Crippen molar-refractivity contribution in [2.45, 2.75) is 13.5 Å². The largest absolute Gasteiger partial charge is 0.490 e. The van der Waals surface area contributed by atoms with Crippen LogP contribution >= 0.6 is 0 Å². The number of anilines is 1. The van der Waals surface area contributed by atoms with Gasteiger partial charge in [-0.1, -0.05) is 5.21 Å². The van der Waals surface area contributed by atoms with Gasteiger partial charge in [-0.3, -0.25) is 4.68 Å². The van der Waals surface area contributed by atoms with Crippen molar-refractivity contribution in [3.05, 3.63) is 30.7 Å². The molecule has 0 aliphatic heterocycles. The maximum Gasteiger partial charge on any atom is 0.168 e. The van der Waals surface area contributed by atoms with E-state index in [9.17, 15) is 0 Å². The van der Waals surface area contributed by atoms with Gasteiger partial charge in [0.1, 0.15) is 0 Å². The van der Waals surface area contributed by atoms with Gasteiger partial charge >= 0.3 is 0 Å². The number of nitrogens with one attached hydrogen (secondary N) is 1. The van der Waals surface area contributed by atoms with E-state index >= 15 is 0 Å². The normalized spacial score (nSPS) is 10.2. The maximum atomic E-state index is 5.46. The van der Waals surface area contributed by atoms with Gasteiger partial charge < -0.3 is 10.1 Å². The maximum absolute atomic E-state index is 5.46. The number of ether oxygens (including phenoxy) is 1. The lowest BCUT2D eigenvalue weighted by Gasteiger charge is -2.10. The van der Waals surface area contributed by atoms with Crippen molar-refractivity contribution < 1.29 is 4.74 Å². The minimum absolute atomic E-state index is 0.628. The summed E-state index contributed by atoms with van der Waals surface area (Å²) >= 11 is 0. The van der Waals surface area contributed by atoms with E-state index in [0.29, 0.717) is 6.61 Å². The van der Waals surface area contributed by atoms with Crippen LogP contribution in [0.1, 0.15) is 6.92 Å². The Morgan fingerprint density at radius 3 is 3.12 bits per heavy atom.